The van der Waals surface area contributed by atoms with Crippen LogP contribution in [0.25, 0.3) is 17.1 Å². The maximum atomic E-state index is 13.8. The number of rotatable bonds is 7. The summed E-state index contributed by atoms with van der Waals surface area (Å²) in [4.78, 5) is 13.6. The Labute approximate surface area is 165 Å². The number of ether oxygens (including phenoxy) is 1. The molecule has 0 bridgehead atoms. The summed E-state index contributed by atoms with van der Waals surface area (Å²) in [5.41, 5.74) is 1.40. The molecule has 0 spiro atoms. The van der Waals surface area contributed by atoms with E-state index < -0.39 is 11.8 Å². The van der Waals surface area contributed by atoms with Gasteiger partial charge < -0.3 is 4.74 Å². The molecule has 0 saturated heterocycles. The van der Waals surface area contributed by atoms with Crippen molar-refractivity contribution in [3.8, 4) is 17.1 Å². The molecule has 0 amide bonds. The summed E-state index contributed by atoms with van der Waals surface area (Å²) >= 11 is 0. The van der Waals surface area contributed by atoms with Crippen LogP contribution in [0.15, 0.2) is 67.0 Å². The lowest BCUT2D eigenvalue weighted by Crippen LogP contribution is -2.10. The van der Waals surface area contributed by atoms with Gasteiger partial charge in [-0.3, -0.25) is 0 Å². The molecule has 4 aromatic rings. The van der Waals surface area contributed by atoms with E-state index >= 15 is 0 Å². The first-order valence-electron chi connectivity index (χ1n) is 9.00. The van der Waals surface area contributed by atoms with Crippen molar-refractivity contribution in [3.05, 3.63) is 78.4 Å². The SMILES string of the molecule is O=C(OCCCn1nnc(-c2ccccc2)n1)c1cnn(-c2ccccc2F)c1. The van der Waals surface area contributed by atoms with Crippen LogP contribution in [0, 0.1) is 5.82 Å². The molecule has 8 nitrogen and oxygen atoms in total. The van der Waals surface area contributed by atoms with Crippen LogP contribution in [0.5, 0.6) is 0 Å². The molecule has 9 heteroatoms. The average Bonchev–Trinajstić information content (AvgIpc) is 3.42. The Morgan fingerprint density at radius 1 is 1.07 bits per heavy atom. The molecule has 2 aromatic heterocycles. The van der Waals surface area contributed by atoms with Crippen LogP contribution in [-0.2, 0) is 11.3 Å². The average molecular weight is 392 g/mol. The topological polar surface area (TPSA) is 87.7 Å². The number of aryl methyl sites for hydroxylation is 1. The van der Waals surface area contributed by atoms with E-state index in [-0.39, 0.29) is 17.9 Å². The Morgan fingerprint density at radius 3 is 2.69 bits per heavy atom. The Morgan fingerprint density at radius 2 is 1.86 bits per heavy atom. The van der Waals surface area contributed by atoms with Crippen LogP contribution in [0.1, 0.15) is 16.8 Å². The quantitative estimate of drug-likeness (QED) is 0.355. The molecule has 0 saturated carbocycles. The van der Waals surface area contributed by atoms with Crippen molar-refractivity contribution in [2.24, 2.45) is 0 Å². The summed E-state index contributed by atoms with van der Waals surface area (Å²) < 4.78 is 20.4. The van der Waals surface area contributed by atoms with Crippen LogP contribution in [-0.4, -0.2) is 42.6 Å². The number of aromatic nitrogens is 6. The van der Waals surface area contributed by atoms with Gasteiger partial charge in [0.1, 0.15) is 11.5 Å². The highest BCUT2D eigenvalue weighted by Gasteiger charge is 2.13. The molecule has 146 valence electrons. The van der Waals surface area contributed by atoms with Gasteiger partial charge in [0.05, 0.1) is 24.9 Å². The number of para-hydroxylation sites is 1. The third-order valence-corrected chi connectivity index (χ3v) is 4.14. The molecule has 0 aliphatic heterocycles. The Kier molecular flexibility index (Phi) is 5.37. The summed E-state index contributed by atoms with van der Waals surface area (Å²) in [5, 5.41) is 16.3. The zero-order chi connectivity index (χ0) is 20.1. The minimum absolute atomic E-state index is 0.186. The van der Waals surface area contributed by atoms with Gasteiger partial charge in [-0.1, -0.05) is 42.5 Å². The minimum Gasteiger partial charge on any atom is -0.462 e. The molecular weight excluding hydrogens is 375 g/mol. The monoisotopic (exact) mass is 392 g/mol. The number of carbonyl (C=O) groups is 1. The first kappa shape index (κ1) is 18.5. The Hall–Kier alpha value is -3.88. The van der Waals surface area contributed by atoms with E-state index in [1.54, 1.807) is 18.2 Å². The van der Waals surface area contributed by atoms with Gasteiger partial charge in [-0.05, 0) is 17.3 Å². The van der Waals surface area contributed by atoms with Gasteiger partial charge in [-0.25, -0.2) is 13.9 Å². The second kappa shape index (κ2) is 8.42. The van der Waals surface area contributed by atoms with Crippen molar-refractivity contribution in [2.45, 2.75) is 13.0 Å². The van der Waals surface area contributed by atoms with Gasteiger partial charge in [0.2, 0.25) is 5.82 Å². The maximum absolute atomic E-state index is 13.8. The van der Waals surface area contributed by atoms with E-state index in [2.05, 4.69) is 20.5 Å². The van der Waals surface area contributed by atoms with E-state index in [9.17, 15) is 9.18 Å². The number of hydrogen-bond acceptors (Lipinski definition) is 6. The summed E-state index contributed by atoms with van der Waals surface area (Å²) in [6.45, 7) is 0.646. The summed E-state index contributed by atoms with van der Waals surface area (Å²) in [6.07, 6.45) is 3.31. The van der Waals surface area contributed by atoms with Crippen LogP contribution in [0.2, 0.25) is 0 Å². The summed E-state index contributed by atoms with van der Waals surface area (Å²) in [6, 6.07) is 15.7. The number of benzene rings is 2. The summed E-state index contributed by atoms with van der Waals surface area (Å²) in [5.74, 6) is -0.405. The second-order valence-corrected chi connectivity index (χ2v) is 6.19. The Balaban J connectivity index is 1.28. The van der Waals surface area contributed by atoms with Gasteiger partial charge in [0.15, 0.2) is 0 Å². The Bertz CT molecular complexity index is 1110. The molecule has 0 unspecified atom stereocenters. The number of nitrogens with zero attached hydrogens (tertiary/aromatic N) is 6. The lowest BCUT2D eigenvalue weighted by Gasteiger charge is -2.03. The van der Waals surface area contributed by atoms with Crippen molar-refractivity contribution in [3.63, 3.8) is 0 Å². The largest absolute Gasteiger partial charge is 0.462 e. The number of esters is 1. The van der Waals surface area contributed by atoms with Crippen LogP contribution in [0.4, 0.5) is 4.39 Å². The third-order valence-electron chi connectivity index (χ3n) is 4.14. The zero-order valence-electron chi connectivity index (χ0n) is 15.3. The van der Waals surface area contributed by atoms with Gasteiger partial charge in [0, 0.05) is 18.2 Å². The van der Waals surface area contributed by atoms with E-state index in [1.807, 2.05) is 30.3 Å². The van der Waals surface area contributed by atoms with Crippen molar-refractivity contribution in [2.75, 3.05) is 6.61 Å². The number of tetrazole rings is 1. The highest BCUT2D eigenvalue weighted by molar-refractivity contribution is 5.88. The highest BCUT2D eigenvalue weighted by atomic mass is 19.1. The second-order valence-electron chi connectivity index (χ2n) is 6.19. The lowest BCUT2D eigenvalue weighted by atomic mass is 10.2. The van der Waals surface area contributed by atoms with Crippen molar-refractivity contribution in [1.29, 1.82) is 0 Å². The van der Waals surface area contributed by atoms with Gasteiger partial charge in [-0.2, -0.15) is 9.90 Å². The fourth-order valence-electron chi connectivity index (χ4n) is 2.69. The van der Waals surface area contributed by atoms with Gasteiger partial charge >= 0.3 is 5.97 Å². The van der Waals surface area contributed by atoms with Gasteiger partial charge in [-0.15, -0.1) is 10.2 Å². The van der Waals surface area contributed by atoms with E-state index in [0.29, 0.717) is 18.8 Å². The highest BCUT2D eigenvalue weighted by Crippen LogP contribution is 2.14. The fraction of sp³-hybridized carbons (Fsp3) is 0.150. The molecule has 0 aliphatic rings. The number of carbonyl (C=O) groups excluding carboxylic acids is 1. The van der Waals surface area contributed by atoms with E-state index in [1.165, 1.54) is 27.9 Å². The van der Waals surface area contributed by atoms with E-state index in [0.717, 1.165) is 5.56 Å². The van der Waals surface area contributed by atoms with Crippen molar-refractivity contribution < 1.29 is 13.9 Å². The predicted molar refractivity (Wildman–Crippen MR) is 102 cm³/mol. The molecule has 0 aliphatic carbocycles. The van der Waals surface area contributed by atoms with Crippen LogP contribution in [0.3, 0.4) is 0 Å². The summed E-state index contributed by atoms with van der Waals surface area (Å²) in [7, 11) is 0. The predicted octanol–water partition coefficient (Wildman–Crippen LogP) is 2.91. The number of hydrogen-bond donors (Lipinski definition) is 0. The van der Waals surface area contributed by atoms with Gasteiger partial charge in [0.25, 0.3) is 0 Å². The standard InChI is InChI=1S/C20H17FN6O2/c21-17-9-4-5-10-18(17)26-14-16(13-22-26)20(28)29-12-6-11-27-24-19(23-25-27)15-7-2-1-3-8-15/h1-5,7-10,13-14H,6,11-12H2. The van der Waals surface area contributed by atoms with Crippen molar-refractivity contribution in [1.82, 2.24) is 30.0 Å². The molecular formula is C20H17FN6O2. The lowest BCUT2D eigenvalue weighted by molar-refractivity contribution is 0.0493. The van der Waals surface area contributed by atoms with Crippen molar-refractivity contribution >= 4 is 5.97 Å². The smallest absolute Gasteiger partial charge is 0.341 e. The first-order chi connectivity index (χ1) is 14.2. The van der Waals surface area contributed by atoms with Crippen LogP contribution >= 0.6 is 0 Å². The normalized spacial score (nSPS) is 10.8. The molecule has 0 radical (unpaired) electrons. The number of halogens is 1. The third kappa shape index (κ3) is 4.34. The molecule has 2 heterocycles. The first-order valence-corrected chi connectivity index (χ1v) is 9.00. The van der Waals surface area contributed by atoms with Crippen LogP contribution < -0.4 is 0 Å². The fourth-order valence-corrected chi connectivity index (χ4v) is 2.69. The molecule has 2 aromatic carbocycles. The minimum atomic E-state index is -0.524. The molecule has 0 atom stereocenters. The molecule has 4 rings (SSSR count). The zero-order valence-corrected chi connectivity index (χ0v) is 15.3. The molecule has 29 heavy (non-hydrogen) atoms. The molecule has 0 N–H and O–H groups in total. The van der Waals surface area contributed by atoms with E-state index in [4.69, 9.17) is 4.74 Å². The molecule has 0 fully saturated rings. The maximum Gasteiger partial charge on any atom is 0.341 e.